The summed E-state index contributed by atoms with van der Waals surface area (Å²) in [6, 6.07) is 29.2. The van der Waals surface area contributed by atoms with Crippen molar-refractivity contribution in [1.82, 2.24) is 5.32 Å². The lowest BCUT2D eigenvalue weighted by Gasteiger charge is -2.18. The molecule has 2 atom stereocenters. The first-order valence-electron chi connectivity index (χ1n) is 9.91. The first-order valence-corrected chi connectivity index (χ1v) is 10.8. The molecular weight excluding hydrogens is 376 g/mol. The van der Waals surface area contributed by atoms with Crippen molar-refractivity contribution < 1.29 is 10.1 Å². The summed E-state index contributed by atoms with van der Waals surface area (Å²) < 4.78 is 0. The number of rotatable bonds is 7. The molecule has 0 saturated heterocycles. The molecule has 0 unspecified atom stereocenters. The van der Waals surface area contributed by atoms with Gasteiger partial charge in [0.2, 0.25) is 0 Å². The van der Waals surface area contributed by atoms with Crippen molar-refractivity contribution in [1.29, 1.82) is 0 Å². The number of benzene rings is 3. The molecule has 4 rings (SSSR count). The average Bonchev–Trinajstić information content (AvgIpc) is 3.29. The fourth-order valence-electron chi connectivity index (χ4n) is 3.78. The SMILES string of the molecule is C[C@H](NC(=O)C[NH2+][C@H](c1ccccc1)c1cccs1)c1cccc2ccccc12. The van der Waals surface area contributed by atoms with E-state index < -0.39 is 0 Å². The van der Waals surface area contributed by atoms with Crippen LogP contribution in [0.25, 0.3) is 10.8 Å². The first kappa shape index (κ1) is 19.4. The summed E-state index contributed by atoms with van der Waals surface area (Å²) >= 11 is 1.73. The largest absolute Gasteiger partial charge is 0.345 e. The third-order valence-electron chi connectivity index (χ3n) is 5.21. The fourth-order valence-corrected chi connectivity index (χ4v) is 4.63. The van der Waals surface area contributed by atoms with E-state index in [0.717, 1.165) is 5.56 Å². The van der Waals surface area contributed by atoms with E-state index in [2.05, 4.69) is 70.6 Å². The summed E-state index contributed by atoms with van der Waals surface area (Å²) in [5, 5.41) is 9.76. The van der Waals surface area contributed by atoms with Crippen molar-refractivity contribution >= 4 is 28.0 Å². The highest BCUT2D eigenvalue weighted by Gasteiger charge is 2.20. The van der Waals surface area contributed by atoms with Crippen molar-refractivity contribution in [2.45, 2.75) is 19.0 Å². The van der Waals surface area contributed by atoms with Crippen LogP contribution in [0.3, 0.4) is 0 Å². The van der Waals surface area contributed by atoms with Crippen LogP contribution in [0.5, 0.6) is 0 Å². The molecule has 3 nitrogen and oxygen atoms in total. The molecule has 4 heteroatoms. The maximum absolute atomic E-state index is 12.7. The van der Waals surface area contributed by atoms with Crippen LogP contribution in [-0.2, 0) is 4.79 Å². The quantitative estimate of drug-likeness (QED) is 0.473. The van der Waals surface area contributed by atoms with Gasteiger partial charge in [0.25, 0.3) is 5.91 Å². The van der Waals surface area contributed by atoms with Gasteiger partial charge in [-0.15, -0.1) is 11.3 Å². The number of thiophene rings is 1. The number of hydrogen-bond acceptors (Lipinski definition) is 2. The minimum absolute atomic E-state index is 0.0427. The maximum Gasteiger partial charge on any atom is 0.275 e. The van der Waals surface area contributed by atoms with Gasteiger partial charge in [-0.25, -0.2) is 0 Å². The molecule has 146 valence electrons. The molecule has 0 fully saturated rings. The Morgan fingerprint density at radius 1 is 0.931 bits per heavy atom. The van der Waals surface area contributed by atoms with Crippen molar-refractivity contribution in [2.24, 2.45) is 0 Å². The van der Waals surface area contributed by atoms with Crippen LogP contribution < -0.4 is 10.6 Å². The van der Waals surface area contributed by atoms with E-state index in [4.69, 9.17) is 0 Å². The standard InChI is InChI=1S/C25H24N2OS/c1-18(21-14-7-12-19-9-5-6-13-22(19)21)27-24(28)17-26-25(23-15-8-16-29-23)20-10-3-2-4-11-20/h2-16,18,25-26H,17H2,1H3,(H,27,28)/p+1/t18-,25+/m0/s1. The fraction of sp³-hybridized carbons (Fsp3) is 0.160. The third kappa shape index (κ3) is 4.56. The Morgan fingerprint density at radius 3 is 2.48 bits per heavy atom. The van der Waals surface area contributed by atoms with Gasteiger partial charge in [0.1, 0.15) is 6.04 Å². The van der Waals surface area contributed by atoms with Crippen LogP contribution in [0.15, 0.2) is 90.3 Å². The molecule has 0 saturated carbocycles. The van der Waals surface area contributed by atoms with Crippen LogP contribution in [0.4, 0.5) is 0 Å². The number of amides is 1. The summed E-state index contributed by atoms with van der Waals surface area (Å²) in [5.41, 5.74) is 2.36. The van der Waals surface area contributed by atoms with Crippen LogP contribution in [0, 0.1) is 0 Å². The summed E-state index contributed by atoms with van der Waals surface area (Å²) in [6.45, 7) is 2.43. The Balaban J connectivity index is 1.45. The normalized spacial score (nSPS) is 13.1. The molecule has 0 aliphatic rings. The van der Waals surface area contributed by atoms with Gasteiger partial charge < -0.3 is 10.6 Å². The topological polar surface area (TPSA) is 45.7 Å². The Hall–Kier alpha value is -2.95. The zero-order valence-electron chi connectivity index (χ0n) is 16.4. The van der Waals surface area contributed by atoms with Gasteiger partial charge >= 0.3 is 0 Å². The third-order valence-corrected chi connectivity index (χ3v) is 6.17. The van der Waals surface area contributed by atoms with Gasteiger partial charge in [-0.3, -0.25) is 4.79 Å². The summed E-state index contributed by atoms with van der Waals surface area (Å²) in [4.78, 5) is 14.0. The minimum atomic E-state index is -0.0427. The highest BCUT2D eigenvalue weighted by Crippen LogP contribution is 2.24. The monoisotopic (exact) mass is 401 g/mol. The smallest absolute Gasteiger partial charge is 0.275 e. The molecule has 0 aliphatic carbocycles. The Kier molecular flexibility index (Phi) is 6.03. The molecule has 1 aromatic heterocycles. The highest BCUT2D eigenvalue weighted by molar-refractivity contribution is 7.10. The number of hydrogen-bond donors (Lipinski definition) is 2. The van der Waals surface area contributed by atoms with Crippen LogP contribution in [0.1, 0.15) is 35.0 Å². The van der Waals surface area contributed by atoms with Gasteiger partial charge in [-0.1, -0.05) is 78.9 Å². The lowest BCUT2D eigenvalue weighted by molar-refractivity contribution is -0.676. The van der Waals surface area contributed by atoms with E-state index in [1.54, 1.807) is 11.3 Å². The zero-order valence-corrected chi connectivity index (χ0v) is 17.2. The number of nitrogens with one attached hydrogen (secondary N) is 1. The van der Waals surface area contributed by atoms with Crippen molar-refractivity contribution in [2.75, 3.05) is 6.54 Å². The molecular formula is C25H25N2OS+. The molecule has 0 spiro atoms. The van der Waals surface area contributed by atoms with Gasteiger partial charge in [0.05, 0.1) is 10.9 Å². The summed E-state index contributed by atoms with van der Waals surface area (Å²) in [7, 11) is 0. The Morgan fingerprint density at radius 2 is 1.69 bits per heavy atom. The van der Waals surface area contributed by atoms with E-state index in [1.165, 1.54) is 21.2 Å². The van der Waals surface area contributed by atoms with Gasteiger partial charge in [0, 0.05) is 5.56 Å². The Bertz CT molecular complexity index is 1070. The van der Waals surface area contributed by atoms with Crippen LogP contribution in [0.2, 0.25) is 0 Å². The number of fused-ring (bicyclic) bond motifs is 1. The van der Waals surface area contributed by atoms with Crippen LogP contribution >= 0.6 is 11.3 Å². The predicted octanol–water partition coefficient (Wildman–Crippen LogP) is 4.43. The van der Waals surface area contributed by atoms with Gasteiger partial charge in [-0.2, -0.15) is 0 Å². The molecule has 1 heterocycles. The summed E-state index contributed by atoms with van der Waals surface area (Å²) in [5.74, 6) is 0.0444. The number of nitrogens with two attached hydrogens (primary N) is 1. The molecule has 29 heavy (non-hydrogen) atoms. The molecule has 0 radical (unpaired) electrons. The lowest BCUT2D eigenvalue weighted by atomic mass is 10.00. The van der Waals surface area contributed by atoms with E-state index in [0.29, 0.717) is 6.54 Å². The van der Waals surface area contributed by atoms with E-state index in [-0.39, 0.29) is 18.0 Å². The number of carbonyl (C=O) groups excluding carboxylic acids is 1. The molecule has 0 aliphatic heterocycles. The first-order chi connectivity index (χ1) is 14.2. The second-order valence-electron chi connectivity index (χ2n) is 7.20. The molecule has 3 N–H and O–H groups in total. The van der Waals surface area contributed by atoms with Crippen molar-refractivity contribution in [3.8, 4) is 0 Å². The zero-order chi connectivity index (χ0) is 20.1. The van der Waals surface area contributed by atoms with E-state index in [1.807, 2.05) is 37.3 Å². The molecule has 0 bridgehead atoms. The van der Waals surface area contributed by atoms with Crippen LogP contribution in [-0.4, -0.2) is 12.5 Å². The average molecular weight is 402 g/mol. The molecule has 3 aromatic carbocycles. The Labute approximate surface area is 175 Å². The van der Waals surface area contributed by atoms with Gasteiger partial charge in [-0.05, 0) is 34.7 Å². The molecule has 1 amide bonds. The van der Waals surface area contributed by atoms with Crippen molar-refractivity contribution in [3.05, 3.63) is 106 Å². The maximum atomic E-state index is 12.7. The second kappa shape index (κ2) is 9.03. The predicted molar refractivity (Wildman–Crippen MR) is 120 cm³/mol. The molecule has 4 aromatic rings. The summed E-state index contributed by atoms with van der Waals surface area (Å²) in [6.07, 6.45) is 0. The van der Waals surface area contributed by atoms with Gasteiger partial charge in [0.15, 0.2) is 6.54 Å². The van der Waals surface area contributed by atoms with E-state index >= 15 is 0 Å². The number of carbonyl (C=O) groups is 1. The van der Waals surface area contributed by atoms with Crippen molar-refractivity contribution in [3.63, 3.8) is 0 Å². The van der Waals surface area contributed by atoms with E-state index in [9.17, 15) is 4.79 Å². The highest BCUT2D eigenvalue weighted by atomic mass is 32.1. The lowest BCUT2D eigenvalue weighted by Crippen LogP contribution is -2.87. The minimum Gasteiger partial charge on any atom is -0.345 e. The number of quaternary nitrogens is 1. The second-order valence-corrected chi connectivity index (χ2v) is 8.18.